The van der Waals surface area contributed by atoms with Crippen LogP contribution in [0.3, 0.4) is 0 Å². The van der Waals surface area contributed by atoms with Crippen molar-refractivity contribution in [2.45, 2.75) is 44.7 Å². The third kappa shape index (κ3) is 3.74. The smallest absolute Gasteiger partial charge is 0.0620 e. The second-order valence-electron chi connectivity index (χ2n) is 4.78. The van der Waals surface area contributed by atoms with E-state index in [1.807, 2.05) is 0 Å². The van der Waals surface area contributed by atoms with E-state index in [2.05, 4.69) is 17.1 Å². The fraction of sp³-hybridized carbons (Fsp3) is 1.00. The molecule has 1 heterocycles. The molecule has 15 heavy (non-hydrogen) atoms. The highest BCUT2D eigenvalue weighted by Crippen LogP contribution is 2.27. The van der Waals surface area contributed by atoms with Gasteiger partial charge in [0.15, 0.2) is 0 Å². The summed E-state index contributed by atoms with van der Waals surface area (Å²) in [4.78, 5) is 2.66. The number of nitrogens with zero attached hydrogens (tertiary/aromatic N) is 1. The molecule has 88 valence electrons. The summed E-state index contributed by atoms with van der Waals surface area (Å²) in [7, 11) is 0. The maximum absolute atomic E-state index is 5.47. The zero-order valence-corrected chi connectivity index (χ0v) is 9.87. The largest absolute Gasteiger partial charge is 0.379 e. The summed E-state index contributed by atoms with van der Waals surface area (Å²) in [6, 6.07) is 1.51. The standard InChI is InChI=1S/C12H24N2O/c1-2-7-14(12-3-4-12)8-5-11-10-15-9-6-13-11/h11-13H,2-10H2,1H3. The van der Waals surface area contributed by atoms with Crippen LogP contribution in [-0.4, -0.2) is 49.8 Å². The number of nitrogens with one attached hydrogen (secondary N) is 1. The van der Waals surface area contributed by atoms with Gasteiger partial charge in [0, 0.05) is 18.6 Å². The molecule has 1 unspecified atom stereocenters. The lowest BCUT2D eigenvalue weighted by molar-refractivity contribution is 0.0695. The van der Waals surface area contributed by atoms with E-state index in [9.17, 15) is 0 Å². The Labute approximate surface area is 93.2 Å². The van der Waals surface area contributed by atoms with Crippen LogP contribution in [0.5, 0.6) is 0 Å². The van der Waals surface area contributed by atoms with Gasteiger partial charge in [0.2, 0.25) is 0 Å². The predicted octanol–water partition coefficient (Wildman–Crippen LogP) is 1.24. The molecule has 1 atom stereocenters. The Morgan fingerprint density at radius 1 is 1.33 bits per heavy atom. The number of hydrogen-bond acceptors (Lipinski definition) is 3. The quantitative estimate of drug-likeness (QED) is 0.717. The zero-order valence-electron chi connectivity index (χ0n) is 9.87. The van der Waals surface area contributed by atoms with Gasteiger partial charge in [-0.3, -0.25) is 0 Å². The molecule has 2 fully saturated rings. The van der Waals surface area contributed by atoms with Crippen molar-refractivity contribution in [2.75, 3.05) is 32.8 Å². The van der Waals surface area contributed by atoms with Gasteiger partial charge < -0.3 is 15.0 Å². The average molecular weight is 212 g/mol. The second kappa shape index (κ2) is 5.83. The summed E-state index contributed by atoms with van der Waals surface area (Å²) in [5.41, 5.74) is 0. The Morgan fingerprint density at radius 2 is 2.20 bits per heavy atom. The summed E-state index contributed by atoms with van der Waals surface area (Å²) in [5, 5.41) is 3.52. The molecule has 1 saturated carbocycles. The van der Waals surface area contributed by atoms with Gasteiger partial charge in [0.25, 0.3) is 0 Å². The van der Waals surface area contributed by atoms with Crippen molar-refractivity contribution in [1.82, 2.24) is 10.2 Å². The molecule has 1 N–H and O–H groups in total. The van der Waals surface area contributed by atoms with Gasteiger partial charge in [-0.1, -0.05) is 6.92 Å². The molecular weight excluding hydrogens is 188 g/mol. The van der Waals surface area contributed by atoms with Crippen molar-refractivity contribution in [3.63, 3.8) is 0 Å². The summed E-state index contributed by atoms with van der Waals surface area (Å²) in [5.74, 6) is 0. The zero-order chi connectivity index (χ0) is 10.5. The maximum atomic E-state index is 5.47. The van der Waals surface area contributed by atoms with Crippen molar-refractivity contribution in [1.29, 1.82) is 0 Å². The third-order valence-corrected chi connectivity index (χ3v) is 3.34. The van der Waals surface area contributed by atoms with E-state index in [0.717, 1.165) is 25.8 Å². The number of rotatable bonds is 6. The van der Waals surface area contributed by atoms with Crippen molar-refractivity contribution in [3.8, 4) is 0 Å². The van der Waals surface area contributed by atoms with Crippen LogP contribution in [0.1, 0.15) is 32.6 Å². The molecule has 1 saturated heterocycles. The summed E-state index contributed by atoms with van der Waals surface area (Å²) >= 11 is 0. The Kier molecular flexibility index (Phi) is 4.42. The highest BCUT2D eigenvalue weighted by molar-refractivity contribution is 4.85. The monoisotopic (exact) mass is 212 g/mol. The molecule has 2 aliphatic rings. The molecule has 0 radical (unpaired) electrons. The molecule has 0 bridgehead atoms. The van der Waals surface area contributed by atoms with Crippen LogP contribution in [0, 0.1) is 0 Å². The normalized spacial score (nSPS) is 27.2. The van der Waals surface area contributed by atoms with E-state index in [1.165, 1.54) is 38.8 Å². The molecule has 3 heteroatoms. The average Bonchev–Trinajstić information content (AvgIpc) is 3.09. The first-order chi connectivity index (χ1) is 7.40. The molecule has 2 rings (SSSR count). The summed E-state index contributed by atoms with van der Waals surface area (Å²) in [6.45, 7) is 7.62. The van der Waals surface area contributed by atoms with Crippen LogP contribution >= 0.6 is 0 Å². The molecule has 1 aliphatic carbocycles. The fourth-order valence-corrected chi connectivity index (χ4v) is 2.33. The molecule has 0 amide bonds. The van der Waals surface area contributed by atoms with Crippen molar-refractivity contribution < 1.29 is 4.74 Å². The number of ether oxygens (including phenoxy) is 1. The van der Waals surface area contributed by atoms with Gasteiger partial charge in [-0.25, -0.2) is 0 Å². The van der Waals surface area contributed by atoms with Gasteiger partial charge >= 0.3 is 0 Å². The molecule has 0 aromatic carbocycles. The van der Waals surface area contributed by atoms with E-state index >= 15 is 0 Å². The second-order valence-corrected chi connectivity index (χ2v) is 4.78. The predicted molar refractivity (Wildman–Crippen MR) is 62.1 cm³/mol. The van der Waals surface area contributed by atoms with Gasteiger partial charge in [-0.15, -0.1) is 0 Å². The van der Waals surface area contributed by atoms with Gasteiger partial charge in [0.05, 0.1) is 13.2 Å². The van der Waals surface area contributed by atoms with E-state index in [-0.39, 0.29) is 0 Å². The summed E-state index contributed by atoms with van der Waals surface area (Å²) in [6.07, 6.45) is 5.38. The fourth-order valence-electron chi connectivity index (χ4n) is 2.33. The van der Waals surface area contributed by atoms with Crippen molar-refractivity contribution in [2.24, 2.45) is 0 Å². The Hall–Kier alpha value is -0.120. The van der Waals surface area contributed by atoms with Crippen LogP contribution in [0.4, 0.5) is 0 Å². The minimum Gasteiger partial charge on any atom is -0.379 e. The van der Waals surface area contributed by atoms with Gasteiger partial charge in [-0.05, 0) is 38.8 Å². The van der Waals surface area contributed by atoms with Crippen LogP contribution in [0.25, 0.3) is 0 Å². The SMILES string of the molecule is CCCN(CCC1COCCN1)C1CC1. The van der Waals surface area contributed by atoms with Crippen LogP contribution in [0.2, 0.25) is 0 Å². The van der Waals surface area contributed by atoms with E-state index in [4.69, 9.17) is 4.74 Å². The lowest BCUT2D eigenvalue weighted by Gasteiger charge is -2.27. The molecular formula is C12H24N2O. The maximum Gasteiger partial charge on any atom is 0.0620 e. The Balaban J connectivity index is 1.65. The van der Waals surface area contributed by atoms with Crippen LogP contribution in [-0.2, 0) is 4.74 Å². The molecule has 3 nitrogen and oxygen atoms in total. The summed E-state index contributed by atoms with van der Waals surface area (Å²) < 4.78 is 5.47. The Morgan fingerprint density at radius 3 is 2.80 bits per heavy atom. The molecule has 1 aliphatic heterocycles. The van der Waals surface area contributed by atoms with E-state index < -0.39 is 0 Å². The topological polar surface area (TPSA) is 24.5 Å². The highest BCUT2D eigenvalue weighted by Gasteiger charge is 2.28. The first kappa shape index (κ1) is 11.4. The highest BCUT2D eigenvalue weighted by atomic mass is 16.5. The molecule has 0 spiro atoms. The lowest BCUT2D eigenvalue weighted by Crippen LogP contribution is -2.43. The van der Waals surface area contributed by atoms with E-state index in [0.29, 0.717) is 6.04 Å². The van der Waals surface area contributed by atoms with Crippen molar-refractivity contribution >= 4 is 0 Å². The number of hydrogen-bond donors (Lipinski definition) is 1. The molecule has 0 aromatic heterocycles. The van der Waals surface area contributed by atoms with Gasteiger partial charge in [0.1, 0.15) is 0 Å². The Bertz CT molecular complexity index is 176. The van der Waals surface area contributed by atoms with Crippen LogP contribution < -0.4 is 5.32 Å². The third-order valence-electron chi connectivity index (χ3n) is 3.34. The minimum atomic E-state index is 0.594. The lowest BCUT2D eigenvalue weighted by atomic mass is 10.2. The van der Waals surface area contributed by atoms with Crippen molar-refractivity contribution in [3.05, 3.63) is 0 Å². The first-order valence-corrected chi connectivity index (χ1v) is 6.45. The minimum absolute atomic E-state index is 0.594. The van der Waals surface area contributed by atoms with Crippen LogP contribution in [0.15, 0.2) is 0 Å². The van der Waals surface area contributed by atoms with Gasteiger partial charge in [-0.2, -0.15) is 0 Å². The number of morpholine rings is 1. The van der Waals surface area contributed by atoms with E-state index in [1.54, 1.807) is 0 Å². The molecule has 0 aromatic rings. The first-order valence-electron chi connectivity index (χ1n) is 6.45.